The summed E-state index contributed by atoms with van der Waals surface area (Å²) in [6, 6.07) is 0. The summed E-state index contributed by atoms with van der Waals surface area (Å²) in [4.78, 5) is 45.4. The second-order valence-corrected chi connectivity index (χ2v) is 8.14. The van der Waals surface area contributed by atoms with Crippen LogP contribution in [-0.2, 0) is 38.1 Å². The molecule has 0 aromatic rings. The Morgan fingerprint density at radius 3 is 2.48 bits per heavy atom. The molecule has 6 rings (SSSR count). The van der Waals surface area contributed by atoms with Gasteiger partial charge in [0.05, 0.1) is 18.9 Å². The van der Waals surface area contributed by atoms with Gasteiger partial charge in [0.25, 0.3) is 0 Å². The third kappa shape index (κ3) is 2.13. The number of carboxylic acids is 1. The van der Waals surface area contributed by atoms with Gasteiger partial charge in [-0.25, -0.2) is 0 Å². The molecule has 1 spiro atoms. The van der Waals surface area contributed by atoms with Crippen LogP contribution >= 0.6 is 0 Å². The van der Waals surface area contributed by atoms with E-state index >= 15 is 0 Å². The maximum Gasteiger partial charge on any atom is 0.321 e. The highest BCUT2D eigenvalue weighted by Crippen LogP contribution is 2.58. The highest BCUT2D eigenvalue weighted by molar-refractivity contribution is 5.93. The average Bonchev–Trinajstić information content (AvgIpc) is 3.41. The quantitative estimate of drug-likeness (QED) is 0.398. The predicted molar refractivity (Wildman–Crippen MR) is 92.1 cm³/mol. The molecule has 0 saturated carbocycles. The standard InChI is InChI=1S/C10H10O5.C10H8O4/c11-7(12)4-9-3-6-1-2-10(9,15-6)5-14-8(9)13;11-7-5-9-3-1-2-4-10(9,14-7)6-13-8(9)12/h1-2,6H,3-5H2,(H,11,12);1-4H,5-6H2/t;9-,10+/m.0/s1. The molecule has 152 valence electrons. The first kappa shape index (κ1) is 18.1. The zero-order valence-electron chi connectivity index (χ0n) is 15.3. The molecule has 2 bridgehead atoms. The van der Waals surface area contributed by atoms with E-state index in [0.717, 1.165) is 0 Å². The van der Waals surface area contributed by atoms with Crippen molar-refractivity contribution in [2.45, 2.75) is 36.6 Å². The number of hydrogen-bond donors (Lipinski definition) is 1. The third-order valence-corrected chi connectivity index (χ3v) is 6.68. The molecule has 0 amide bonds. The van der Waals surface area contributed by atoms with Crippen molar-refractivity contribution in [2.75, 3.05) is 13.2 Å². The molecule has 5 heterocycles. The SMILES string of the molecule is O=C(O)CC12CC3C=CC1(COC2=O)O3.O=C1C[C@]23C=CC=C[C@]2(COC3=O)O1. The lowest BCUT2D eigenvalue weighted by molar-refractivity contribution is -0.153. The molecule has 3 unspecified atom stereocenters. The van der Waals surface area contributed by atoms with Crippen molar-refractivity contribution in [3.8, 4) is 0 Å². The Kier molecular flexibility index (Phi) is 3.48. The van der Waals surface area contributed by atoms with Crippen molar-refractivity contribution in [3.05, 3.63) is 36.5 Å². The Balaban J connectivity index is 0.000000125. The molecule has 5 aliphatic heterocycles. The second kappa shape index (κ2) is 5.56. The van der Waals surface area contributed by atoms with Crippen LogP contribution in [0, 0.1) is 10.8 Å². The summed E-state index contributed by atoms with van der Waals surface area (Å²) >= 11 is 0. The van der Waals surface area contributed by atoms with Crippen LogP contribution in [0.5, 0.6) is 0 Å². The highest BCUT2D eigenvalue weighted by Gasteiger charge is 2.71. The Bertz CT molecular complexity index is 932. The van der Waals surface area contributed by atoms with Crippen molar-refractivity contribution in [2.24, 2.45) is 10.8 Å². The Hall–Kier alpha value is -2.94. The molecule has 0 radical (unpaired) electrons. The molecule has 9 nitrogen and oxygen atoms in total. The summed E-state index contributed by atoms with van der Waals surface area (Å²) in [5.74, 6) is -2.11. The van der Waals surface area contributed by atoms with E-state index < -0.39 is 34.0 Å². The van der Waals surface area contributed by atoms with Gasteiger partial charge in [-0.2, -0.15) is 0 Å². The van der Waals surface area contributed by atoms with Gasteiger partial charge >= 0.3 is 23.9 Å². The molecule has 0 aromatic heterocycles. The number of carbonyl (C=O) groups excluding carboxylic acids is 3. The number of aliphatic carboxylic acids is 1. The number of ether oxygens (including phenoxy) is 4. The number of carbonyl (C=O) groups is 4. The van der Waals surface area contributed by atoms with E-state index in [1.165, 1.54) is 0 Å². The van der Waals surface area contributed by atoms with E-state index in [0.29, 0.717) is 6.42 Å². The Labute approximate surface area is 164 Å². The molecule has 1 N–H and O–H groups in total. The van der Waals surface area contributed by atoms with Gasteiger partial charge < -0.3 is 24.1 Å². The smallest absolute Gasteiger partial charge is 0.321 e. The summed E-state index contributed by atoms with van der Waals surface area (Å²) in [5, 5.41) is 8.87. The molecule has 9 heteroatoms. The van der Waals surface area contributed by atoms with E-state index in [-0.39, 0.29) is 44.1 Å². The number of carboxylic acid groups (broad SMARTS) is 1. The summed E-state index contributed by atoms with van der Waals surface area (Å²) in [6.45, 7) is 0.282. The normalized spacial score (nSPS) is 44.4. The molecular formula is C20H18O9. The number of fused-ring (bicyclic) bond motifs is 1. The minimum atomic E-state index is -0.988. The van der Waals surface area contributed by atoms with Gasteiger partial charge in [0, 0.05) is 0 Å². The number of allylic oxidation sites excluding steroid dienone is 2. The largest absolute Gasteiger partial charge is 0.481 e. The van der Waals surface area contributed by atoms with Gasteiger partial charge in [-0.15, -0.1) is 0 Å². The van der Waals surface area contributed by atoms with Crippen LogP contribution in [0.4, 0.5) is 0 Å². The van der Waals surface area contributed by atoms with Gasteiger partial charge in [0.2, 0.25) is 0 Å². The van der Waals surface area contributed by atoms with Crippen LogP contribution < -0.4 is 0 Å². The minimum Gasteiger partial charge on any atom is -0.481 e. The average molecular weight is 402 g/mol. The highest BCUT2D eigenvalue weighted by atomic mass is 16.6. The summed E-state index contributed by atoms with van der Waals surface area (Å²) < 4.78 is 20.8. The monoisotopic (exact) mass is 402 g/mol. The maximum absolute atomic E-state index is 11.7. The molecule has 0 aromatic carbocycles. The summed E-state index contributed by atoms with van der Waals surface area (Å²) in [5.41, 5.74) is -3.56. The van der Waals surface area contributed by atoms with E-state index in [1.807, 2.05) is 6.08 Å². The minimum absolute atomic E-state index is 0.0900. The van der Waals surface area contributed by atoms with Crippen LogP contribution in [0.1, 0.15) is 19.3 Å². The lowest BCUT2D eigenvalue weighted by atomic mass is 9.68. The number of cyclic esters (lactones) is 2. The Morgan fingerprint density at radius 2 is 1.76 bits per heavy atom. The molecule has 4 saturated heterocycles. The fourth-order valence-electron chi connectivity index (χ4n) is 5.19. The van der Waals surface area contributed by atoms with Crippen LogP contribution in [-0.4, -0.2) is 59.5 Å². The van der Waals surface area contributed by atoms with Crippen LogP contribution in [0.2, 0.25) is 0 Å². The zero-order valence-corrected chi connectivity index (χ0v) is 15.3. The van der Waals surface area contributed by atoms with Crippen molar-refractivity contribution >= 4 is 23.9 Å². The Morgan fingerprint density at radius 1 is 1.03 bits per heavy atom. The molecule has 1 aliphatic carbocycles. The van der Waals surface area contributed by atoms with Gasteiger partial charge in [-0.05, 0) is 18.6 Å². The summed E-state index contributed by atoms with van der Waals surface area (Å²) in [6.07, 6.45) is 10.8. The predicted octanol–water partition coefficient (Wildman–Crippen LogP) is 0.443. The number of hydrogen-bond acceptors (Lipinski definition) is 8. The molecule has 6 aliphatic rings. The first-order valence-electron chi connectivity index (χ1n) is 9.29. The van der Waals surface area contributed by atoms with E-state index in [1.54, 1.807) is 30.4 Å². The van der Waals surface area contributed by atoms with Gasteiger partial charge in [-0.3, -0.25) is 19.2 Å². The molecule has 5 atom stereocenters. The number of esters is 3. The first-order chi connectivity index (χ1) is 13.8. The fraction of sp³-hybridized carbons (Fsp3) is 0.500. The van der Waals surface area contributed by atoms with E-state index in [4.69, 9.17) is 24.1 Å². The molecular weight excluding hydrogens is 384 g/mol. The van der Waals surface area contributed by atoms with Crippen LogP contribution in [0.15, 0.2) is 36.5 Å². The van der Waals surface area contributed by atoms with Crippen LogP contribution in [0.25, 0.3) is 0 Å². The summed E-state index contributed by atoms with van der Waals surface area (Å²) in [7, 11) is 0. The van der Waals surface area contributed by atoms with E-state index in [9.17, 15) is 19.2 Å². The van der Waals surface area contributed by atoms with Crippen molar-refractivity contribution in [3.63, 3.8) is 0 Å². The second-order valence-electron chi connectivity index (χ2n) is 8.14. The van der Waals surface area contributed by atoms with E-state index in [2.05, 4.69) is 0 Å². The molecule has 4 fully saturated rings. The van der Waals surface area contributed by atoms with Crippen LogP contribution in [0.3, 0.4) is 0 Å². The maximum atomic E-state index is 11.7. The van der Waals surface area contributed by atoms with Gasteiger partial charge in [0.15, 0.2) is 5.60 Å². The van der Waals surface area contributed by atoms with Crippen molar-refractivity contribution < 1.29 is 43.2 Å². The number of rotatable bonds is 2. The van der Waals surface area contributed by atoms with Gasteiger partial charge in [-0.1, -0.05) is 24.3 Å². The third-order valence-electron chi connectivity index (χ3n) is 6.68. The molecule has 29 heavy (non-hydrogen) atoms. The van der Waals surface area contributed by atoms with Gasteiger partial charge in [0.1, 0.15) is 29.6 Å². The fourth-order valence-corrected chi connectivity index (χ4v) is 5.19. The van der Waals surface area contributed by atoms with Crippen molar-refractivity contribution in [1.29, 1.82) is 0 Å². The first-order valence-corrected chi connectivity index (χ1v) is 9.29. The lowest BCUT2D eigenvalue weighted by Gasteiger charge is -2.29. The lowest BCUT2D eigenvalue weighted by Crippen LogP contribution is -2.45. The zero-order chi connectivity index (χ0) is 20.5. The topological polar surface area (TPSA) is 125 Å². The van der Waals surface area contributed by atoms with Crippen molar-refractivity contribution in [1.82, 2.24) is 0 Å².